The number of sulfonamides is 1. The van der Waals surface area contributed by atoms with Gasteiger partial charge in [-0.3, -0.25) is 0 Å². The van der Waals surface area contributed by atoms with Gasteiger partial charge in [-0.1, -0.05) is 17.7 Å². The molecule has 1 heterocycles. The van der Waals surface area contributed by atoms with Crippen molar-refractivity contribution in [3.05, 3.63) is 28.8 Å². The van der Waals surface area contributed by atoms with Crippen molar-refractivity contribution in [2.45, 2.75) is 30.3 Å². The summed E-state index contributed by atoms with van der Waals surface area (Å²) in [6.45, 7) is 0.541. The van der Waals surface area contributed by atoms with Crippen LogP contribution in [0.3, 0.4) is 0 Å². The van der Waals surface area contributed by atoms with Gasteiger partial charge in [0.2, 0.25) is 10.0 Å². The van der Waals surface area contributed by atoms with Crippen LogP contribution in [0.2, 0.25) is 5.02 Å². The lowest BCUT2D eigenvalue weighted by atomic mass is 10.2. The quantitative estimate of drug-likeness (QED) is 0.867. The first-order chi connectivity index (χ1) is 9.00. The van der Waals surface area contributed by atoms with Gasteiger partial charge in [0, 0.05) is 24.2 Å². The molecule has 106 valence electrons. The van der Waals surface area contributed by atoms with E-state index in [1.807, 2.05) is 0 Å². The molecule has 0 saturated carbocycles. The number of hydrogen-bond acceptors (Lipinski definition) is 4. The van der Waals surface area contributed by atoms with Crippen molar-refractivity contribution in [1.29, 1.82) is 0 Å². The van der Waals surface area contributed by atoms with Gasteiger partial charge < -0.3 is 10.8 Å². The molecule has 1 aliphatic heterocycles. The first-order valence-electron chi connectivity index (χ1n) is 6.12. The van der Waals surface area contributed by atoms with E-state index < -0.39 is 10.0 Å². The van der Waals surface area contributed by atoms with Crippen LogP contribution >= 0.6 is 11.6 Å². The number of hydrogen-bond donors (Lipinski definition) is 2. The van der Waals surface area contributed by atoms with Crippen molar-refractivity contribution in [3.63, 3.8) is 0 Å². The third-order valence-electron chi connectivity index (χ3n) is 3.38. The highest BCUT2D eigenvalue weighted by Gasteiger charge is 2.34. The SMILES string of the molecule is NCc1ccc(S(=O)(=O)N2CCCC2CO)cc1Cl. The predicted octanol–water partition coefficient (Wildman–Crippen LogP) is 0.944. The zero-order valence-corrected chi connectivity index (χ0v) is 12.0. The largest absolute Gasteiger partial charge is 0.395 e. The number of aliphatic hydroxyl groups is 1. The van der Waals surface area contributed by atoms with Crippen molar-refractivity contribution in [2.24, 2.45) is 5.73 Å². The molecule has 2 rings (SSSR count). The van der Waals surface area contributed by atoms with E-state index in [1.165, 1.54) is 16.4 Å². The second kappa shape index (κ2) is 5.76. The Morgan fingerprint density at radius 3 is 2.79 bits per heavy atom. The molecule has 0 radical (unpaired) electrons. The summed E-state index contributed by atoms with van der Waals surface area (Å²) in [5, 5.41) is 9.59. The first-order valence-corrected chi connectivity index (χ1v) is 7.93. The Labute approximate surface area is 118 Å². The zero-order chi connectivity index (χ0) is 14.0. The molecule has 0 aromatic heterocycles. The molecule has 1 aromatic rings. The monoisotopic (exact) mass is 304 g/mol. The third-order valence-corrected chi connectivity index (χ3v) is 5.68. The molecule has 3 N–H and O–H groups in total. The third kappa shape index (κ3) is 2.78. The summed E-state index contributed by atoms with van der Waals surface area (Å²) >= 11 is 6.00. The molecule has 1 aromatic carbocycles. The summed E-state index contributed by atoms with van der Waals surface area (Å²) < 4.78 is 26.3. The second-order valence-electron chi connectivity index (χ2n) is 4.55. The van der Waals surface area contributed by atoms with Crippen LogP contribution in [0.25, 0.3) is 0 Å². The highest BCUT2D eigenvalue weighted by atomic mass is 35.5. The van der Waals surface area contributed by atoms with Crippen LogP contribution in [0.15, 0.2) is 23.1 Å². The van der Waals surface area contributed by atoms with E-state index >= 15 is 0 Å². The fourth-order valence-electron chi connectivity index (χ4n) is 2.30. The molecule has 0 spiro atoms. The molecular formula is C12H17ClN2O3S. The summed E-state index contributed by atoms with van der Waals surface area (Å²) in [4.78, 5) is 0.148. The standard InChI is InChI=1S/C12H17ClN2O3S/c13-12-6-11(4-3-9(12)7-14)19(17,18)15-5-1-2-10(15)8-16/h3-4,6,10,16H,1-2,5,7-8,14H2. The highest BCUT2D eigenvalue weighted by molar-refractivity contribution is 7.89. The van der Waals surface area contributed by atoms with E-state index in [9.17, 15) is 13.5 Å². The average molecular weight is 305 g/mol. The number of rotatable bonds is 4. The normalized spacial score (nSPS) is 20.9. The summed E-state index contributed by atoms with van der Waals surface area (Å²) in [6, 6.07) is 4.22. The van der Waals surface area contributed by atoms with Crippen molar-refractivity contribution in [3.8, 4) is 0 Å². The Hall–Kier alpha value is -0.660. The fraction of sp³-hybridized carbons (Fsp3) is 0.500. The van der Waals surface area contributed by atoms with Crippen molar-refractivity contribution in [1.82, 2.24) is 4.31 Å². The number of nitrogens with zero attached hydrogens (tertiary/aromatic N) is 1. The van der Waals surface area contributed by atoms with E-state index in [0.29, 0.717) is 23.6 Å². The van der Waals surface area contributed by atoms with Gasteiger partial charge in [-0.15, -0.1) is 0 Å². The van der Waals surface area contributed by atoms with E-state index in [-0.39, 0.29) is 24.1 Å². The fourth-order valence-corrected chi connectivity index (χ4v) is 4.33. The van der Waals surface area contributed by atoms with Gasteiger partial charge in [0.15, 0.2) is 0 Å². The number of nitrogens with two attached hydrogens (primary N) is 1. The smallest absolute Gasteiger partial charge is 0.243 e. The maximum absolute atomic E-state index is 12.5. The van der Waals surface area contributed by atoms with Gasteiger partial charge in [0.05, 0.1) is 11.5 Å². The summed E-state index contributed by atoms with van der Waals surface area (Å²) in [5.41, 5.74) is 6.21. The van der Waals surface area contributed by atoms with Gasteiger partial charge in [-0.2, -0.15) is 4.31 Å². The topological polar surface area (TPSA) is 83.6 Å². The maximum atomic E-state index is 12.5. The molecule has 1 unspecified atom stereocenters. The van der Waals surface area contributed by atoms with Crippen molar-refractivity contribution in [2.75, 3.05) is 13.2 Å². The van der Waals surface area contributed by atoms with E-state index in [0.717, 1.165) is 6.42 Å². The maximum Gasteiger partial charge on any atom is 0.243 e. The van der Waals surface area contributed by atoms with Gasteiger partial charge >= 0.3 is 0 Å². The molecule has 0 amide bonds. The molecule has 1 fully saturated rings. The molecule has 5 nitrogen and oxygen atoms in total. The molecular weight excluding hydrogens is 288 g/mol. The van der Waals surface area contributed by atoms with Crippen LogP contribution < -0.4 is 5.73 Å². The van der Waals surface area contributed by atoms with Gasteiger partial charge in [-0.05, 0) is 30.5 Å². The predicted molar refractivity (Wildman–Crippen MR) is 73.3 cm³/mol. The number of halogens is 1. The summed E-state index contributed by atoms with van der Waals surface area (Å²) in [6.07, 6.45) is 1.45. The lowest BCUT2D eigenvalue weighted by Gasteiger charge is -2.22. The second-order valence-corrected chi connectivity index (χ2v) is 6.85. The highest BCUT2D eigenvalue weighted by Crippen LogP contribution is 2.28. The zero-order valence-electron chi connectivity index (χ0n) is 10.4. The lowest BCUT2D eigenvalue weighted by molar-refractivity contribution is 0.213. The van der Waals surface area contributed by atoms with Gasteiger partial charge in [0.1, 0.15) is 0 Å². The Morgan fingerprint density at radius 1 is 1.47 bits per heavy atom. The van der Waals surface area contributed by atoms with Crippen LogP contribution in [0.1, 0.15) is 18.4 Å². The van der Waals surface area contributed by atoms with E-state index in [2.05, 4.69) is 0 Å². The van der Waals surface area contributed by atoms with E-state index in [1.54, 1.807) is 6.07 Å². The van der Waals surface area contributed by atoms with Gasteiger partial charge in [-0.25, -0.2) is 8.42 Å². The van der Waals surface area contributed by atoms with Crippen LogP contribution in [0.5, 0.6) is 0 Å². The minimum absolute atomic E-state index is 0.148. The van der Waals surface area contributed by atoms with Crippen LogP contribution in [0.4, 0.5) is 0 Å². The average Bonchev–Trinajstić information content (AvgIpc) is 2.87. The molecule has 7 heteroatoms. The Balaban J connectivity index is 2.37. The molecule has 0 bridgehead atoms. The first kappa shape index (κ1) is 14.7. The summed E-state index contributed by atoms with van der Waals surface area (Å²) in [5.74, 6) is 0. The van der Waals surface area contributed by atoms with E-state index in [4.69, 9.17) is 17.3 Å². The Kier molecular flexibility index (Phi) is 4.47. The minimum atomic E-state index is -3.60. The van der Waals surface area contributed by atoms with Crippen molar-refractivity contribution < 1.29 is 13.5 Å². The van der Waals surface area contributed by atoms with Crippen LogP contribution in [0, 0.1) is 0 Å². The minimum Gasteiger partial charge on any atom is -0.395 e. The number of benzene rings is 1. The number of aliphatic hydroxyl groups excluding tert-OH is 1. The molecule has 1 atom stereocenters. The Bertz CT molecular complexity index is 562. The molecule has 1 saturated heterocycles. The van der Waals surface area contributed by atoms with Crippen molar-refractivity contribution >= 4 is 21.6 Å². The van der Waals surface area contributed by atoms with Gasteiger partial charge in [0.25, 0.3) is 0 Å². The molecule has 19 heavy (non-hydrogen) atoms. The van der Waals surface area contributed by atoms with Crippen LogP contribution in [-0.2, 0) is 16.6 Å². The summed E-state index contributed by atoms with van der Waals surface area (Å²) in [7, 11) is -3.60. The lowest BCUT2D eigenvalue weighted by Crippen LogP contribution is -2.37. The molecule has 0 aliphatic carbocycles. The molecule has 1 aliphatic rings. The van der Waals surface area contributed by atoms with Crippen LogP contribution in [-0.4, -0.2) is 37.0 Å². The Morgan fingerprint density at radius 2 is 2.21 bits per heavy atom.